The smallest absolute Gasteiger partial charge is 0.207 e. The van der Waals surface area contributed by atoms with Crippen molar-refractivity contribution in [3.63, 3.8) is 0 Å². The van der Waals surface area contributed by atoms with Crippen molar-refractivity contribution < 1.29 is 8.78 Å². The normalized spacial score (nSPS) is 14.2. The number of halogens is 2. The first-order chi connectivity index (χ1) is 6.25. The highest BCUT2D eigenvalue weighted by Gasteiger charge is 2.10. The summed E-state index contributed by atoms with van der Waals surface area (Å²) in [5.41, 5.74) is 3.43. The molecule has 0 saturated heterocycles. The van der Waals surface area contributed by atoms with Gasteiger partial charge < -0.3 is 0 Å². The molecular formula is C7H3F2N4. The van der Waals surface area contributed by atoms with Crippen LogP contribution in [0.4, 0.5) is 8.78 Å². The van der Waals surface area contributed by atoms with E-state index in [-0.39, 0.29) is 11.4 Å². The van der Waals surface area contributed by atoms with Gasteiger partial charge in [0.2, 0.25) is 5.84 Å². The molecule has 65 valence electrons. The lowest BCUT2D eigenvalue weighted by Gasteiger charge is -1.95. The van der Waals surface area contributed by atoms with Gasteiger partial charge in [-0.25, -0.2) is 8.78 Å². The van der Waals surface area contributed by atoms with E-state index in [2.05, 4.69) is 21.0 Å². The van der Waals surface area contributed by atoms with E-state index in [9.17, 15) is 8.78 Å². The highest BCUT2D eigenvalue weighted by molar-refractivity contribution is 5.99. The van der Waals surface area contributed by atoms with Crippen molar-refractivity contribution in [1.29, 1.82) is 0 Å². The van der Waals surface area contributed by atoms with Crippen LogP contribution in [0.3, 0.4) is 0 Å². The van der Waals surface area contributed by atoms with Crippen LogP contribution in [0.25, 0.3) is 0 Å². The fourth-order valence-corrected chi connectivity index (χ4v) is 0.943. The van der Waals surface area contributed by atoms with Crippen molar-refractivity contribution in [3.05, 3.63) is 35.4 Å². The van der Waals surface area contributed by atoms with E-state index in [1.807, 2.05) is 0 Å². The third-order valence-electron chi connectivity index (χ3n) is 1.44. The van der Waals surface area contributed by atoms with Crippen molar-refractivity contribution >= 4 is 5.84 Å². The highest BCUT2D eigenvalue weighted by atomic mass is 19.1. The van der Waals surface area contributed by atoms with Crippen LogP contribution in [-0.4, -0.2) is 5.84 Å². The Balaban J connectivity index is 2.45. The van der Waals surface area contributed by atoms with Gasteiger partial charge in [0.1, 0.15) is 11.6 Å². The summed E-state index contributed by atoms with van der Waals surface area (Å²) in [5.74, 6) is -1.25. The number of hydrogen-bond donors (Lipinski definition) is 0. The Kier molecular flexibility index (Phi) is 1.73. The zero-order chi connectivity index (χ0) is 9.26. The molecule has 0 bridgehead atoms. The Hall–Kier alpha value is -1.85. The van der Waals surface area contributed by atoms with Crippen LogP contribution in [0.2, 0.25) is 0 Å². The second-order valence-electron chi connectivity index (χ2n) is 2.36. The van der Waals surface area contributed by atoms with Gasteiger partial charge in [-0.05, 0) is 22.9 Å². The predicted octanol–water partition coefficient (Wildman–Crippen LogP) is 1.61. The minimum atomic E-state index is -0.681. The van der Waals surface area contributed by atoms with Crippen LogP contribution in [-0.2, 0) is 0 Å². The predicted molar refractivity (Wildman–Crippen MR) is 39.9 cm³/mol. The standard InChI is InChI=1S/C7H3F2N4/c8-5-1-4(2-6(9)3-5)7-10-12-13-11-7/h1-3H. The molecule has 0 unspecified atom stereocenters. The van der Waals surface area contributed by atoms with E-state index in [1.165, 1.54) is 0 Å². The van der Waals surface area contributed by atoms with Gasteiger partial charge in [0, 0.05) is 11.6 Å². The van der Waals surface area contributed by atoms with Gasteiger partial charge in [0.25, 0.3) is 0 Å². The molecule has 0 aliphatic carbocycles. The Bertz CT molecular complexity index is 379. The lowest BCUT2D eigenvalue weighted by Crippen LogP contribution is -1.96. The summed E-state index contributed by atoms with van der Waals surface area (Å²) in [4.78, 5) is 0. The molecule has 1 aliphatic rings. The third kappa shape index (κ3) is 1.51. The lowest BCUT2D eigenvalue weighted by atomic mass is 10.2. The summed E-state index contributed by atoms with van der Waals surface area (Å²) in [5, 5.41) is 10.1. The summed E-state index contributed by atoms with van der Waals surface area (Å²) >= 11 is 0. The lowest BCUT2D eigenvalue weighted by molar-refractivity contribution is 0.583. The Labute approximate surface area is 72.0 Å². The van der Waals surface area contributed by atoms with Crippen LogP contribution < -0.4 is 5.53 Å². The van der Waals surface area contributed by atoms with E-state index in [1.54, 1.807) is 0 Å². The monoisotopic (exact) mass is 181 g/mol. The Morgan fingerprint density at radius 3 is 2.23 bits per heavy atom. The maximum atomic E-state index is 12.7. The minimum Gasteiger partial charge on any atom is -0.207 e. The molecule has 0 N–H and O–H groups in total. The average molecular weight is 181 g/mol. The molecule has 1 aromatic carbocycles. The molecule has 0 atom stereocenters. The van der Waals surface area contributed by atoms with E-state index in [4.69, 9.17) is 0 Å². The SMILES string of the molecule is Fc1cc(F)cc(C2=N[N]N=N2)c1. The molecule has 1 aromatic rings. The van der Waals surface area contributed by atoms with Crippen LogP contribution in [0.1, 0.15) is 5.56 Å². The number of benzene rings is 1. The van der Waals surface area contributed by atoms with Crippen LogP contribution in [0, 0.1) is 11.6 Å². The summed E-state index contributed by atoms with van der Waals surface area (Å²) < 4.78 is 25.4. The van der Waals surface area contributed by atoms with E-state index in [0.29, 0.717) is 0 Å². The molecule has 1 aliphatic heterocycles. The maximum Gasteiger partial charge on any atom is 0.207 e. The number of rotatable bonds is 1. The van der Waals surface area contributed by atoms with Crippen LogP contribution in [0.5, 0.6) is 0 Å². The molecule has 6 heteroatoms. The Morgan fingerprint density at radius 1 is 1.00 bits per heavy atom. The van der Waals surface area contributed by atoms with Gasteiger partial charge in [0.15, 0.2) is 0 Å². The van der Waals surface area contributed by atoms with Gasteiger partial charge in [-0.3, -0.25) is 0 Å². The molecule has 0 amide bonds. The summed E-state index contributed by atoms with van der Waals surface area (Å²) in [6, 6.07) is 3.00. The first-order valence-electron chi connectivity index (χ1n) is 3.41. The van der Waals surface area contributed by atoms with Crippen molar-refractivity contribution in [1.82, 2.24) is 5.53 Å². The first-order valence-corrected chi connectivity index (χ1v) is 3.41. The zero-order valence-corrected chi connectivity index (χ0v) is 6.28. The molecule has 0 spiro atoms. The summed E-state index contributed by atoms with van der Waals surface area (Å²) in [6.07, 6.45) is 0. The Morgan fingerprint density at radius 2 is 1.69 bits per heavy atom. The topological polar surface area (TPSA) is 51.2 Å². The third-order valence-corrected chi connectivity index (χ3v) is 1.44. The second kappa shape index (κ2) is 2.89. The molecule has 1 radical (unpaired) electrons. The number of amidine groups is 1. The van der Waals surface area contributed by atoms with Gasteiger partial charge >= 0.3 is 0 Å². The van der Waals surface area contributed by atoms with Crippen molar-refractivity contribution in [2.75, 3.05) is 0 Å². The quantitative estimate of drug-likeness (QED) is 0.632. The fraction of sp³-hybridized carbons (Fsp3) is 0. The maximum absolute atomic E-state index is 12.7. The van der Waals surface area contributed by atoms with E-state index in [0.717, 1.165) is 18.2 Å². The molecule has 4 nitrogen and oxygen atoms in total. The van der Waals surface area contributed by atoms with Gasteiger partial charge in [0.05, 0.1) is 0 Å². The summed E-state index contributed by atoms with van der Waals surface area (Å²) in [6.45, 7) is 0. The molecule has 0 saturated carbocycles. The summed E-state index contributed by atoms with van der Waals surface area (Å²) in [7, 11) is 0. The minimum absolute atomic E-state index is 0.110. The molecule has 1 heterocycles. The molecular weight excluding hydrogens is 178 g/mol. The first kappa shape index (κ1) is 7.78. The molecule has 0 aromatic heterocycles. The molecule has 0 fully saturated rings. The molecule has 2 rings (SSSR count). The van der Waals surface area contributed by atoms with Gasteiger partial charge in [-0.1, -0.05) is 0 Å². The second-order valence-corrected chi connectivity index (χ2v) is 2.36. The van der Waals surface area contributed by atoms with Crippen molar-refractivity contribution in [2.45, 2.75) is 0 Å². The van der Waals surface area contributed by atoms with Gasteiger partial charge in [-0.15, -0.1) is 10.2 Å². The zero-order valence-electron chi connectivity index (χ0n) is 6.28. The van der Waals surface area contributed by atoms with Crippen molar-refractivity contribution in [3.8, 4) is 0 Å². The highest BCUT2D eigenvalue weighted by Crippen LogP contribution is 2.11. The van der Waals surface area contributed by atoms with Crippen LogP contribution >= 0.6 is 0 Å². The number of hydrogen-bond acceptors (Lipinski definition) is 3. The van der Waals surface area contributed by atoms with Gasteiger partial charge in [-0.2, -0.15) is 0 Å². The molecule has 13 heavy (non-hydrogen) atoms. The number of nitrogens with zero attached hydrogens (tertiary/aromatic N) is 4. The van der Waals surface area contributed by atoms with Crippen molar-refractivity contribution in [2.24, 2.45) is 15.4 Å². The van der Waals surface area contributed by atoms with Crippen LogP contribution in [0.15, 0.2) is 33.6 Å². The van der Waals surface area contributed by atoms with E-state index >= 15 is 0 Å². The average Bonchev–Trinajstić information content (AvgIpc) is 2.53. The van der Waals surface area contributed by atoms with E-state index < -0.39 is 11.6 Å². The largest absolute Gasteiger partial charge is 0.207 e. The fourth-order valence-electron chi connectivity index (χ4n) is 0.943.